The van der Waals surface area contributed by atoms with E-state index in [0.717, 1.165) is 12.8 Å². The van der Waals surface area contributed by atoms with Crippen molar-refractivity contribution in [3.05, 3.63) is 0 Å². The Labute approximate surface area is 95.0 Å². The van der Waals surface area contributed by atoms with Crippen molar-refractivity contribution < 1.29 is 18.3 Å². The zero-order chi connectivity index (χ0) is 12.3. The first kappa shape index (κ1) is 13.8. The molecule has 0 radical (unpaired) electrons. The van der Waals surface area contributed by atoms with Crippen molar-refractivity contribution in [3.8, 4) is 0 Å². The molecule has 0 spiro atoms. The molecule has 1 N–H and O–H groups in total. The predicted molar refractivity (Wildman–Crippen MR) is 57.0 cm³/mol. The molecule has 0 aliphatic heterocycles. The third kappa shape index (κ3) is 4.32. The molecule has 16 heavy (non-hydrogen) atoms. The van der Waals surface area contributed by atoms with Crippen LogP contribution < -0.4 is 0 Å². The Balaban J connectivity index is 2.44. The van der Waals surface area contributed by atoms with Crippen LogP contribution in [0.2, 0.25) is 0 Å². The lowest BCUT2D eigenvalue weighted by Crippen LogP contribution is -2.32. The summed E-state index contributed by atoms with van der Waals surface area (Å²) in [6.45, 7) is 4.20. The Morgan fingerprint density at radius 1 is 1.25 bits per heavy atom. The summed E-state index contributed by atoms with van der Waals surface area (Å²) in [6, 6.07) is 0. The summed E-state index contributed by atoms with van der Waals surface area (Å²) in [5, 5.41) is 9.70. The lowest BCUT2D eigenvalue weighted by molar-refractivity contribution is -0.141. The molecule has 4 heteroatoms. The zero-order valence-corrected chi connectivity index (χ0v) is 9.93. The summed E-state index contributed by atoms with van der Waals surface area (Å²) >= 11 is 0. The number of halogens is 3. The largest absolute Gasteiger partial charge is 0.393 e. The molecular weight excluding hydrogens is 217 g/mol. The predicted octanol–water partition coefficient (Wildman–Crippen LogP) is 3.76. The third-order valence-electron chi connectivity index (χ3n) is 3.72. The Morgan fingerprint density at radius 2 is 1.88 bits per heavy atom. The molecule has 3 atom stereocenters. The van der Waals surface area contributed by atoms with Crippen LogP contribution in [0.4, 0.5) is 13.2 Å². The van der Waals surface area contributed by atoms with Gasteiger partial charge in [-0.1, -0.05) is 13.8 Å². The van der Waals surface area contributed by atoms with E-state index in [1.54, 1.807) is 0 Å². The maximum absolute atomic E-state index is 12.1. The second-order valence-corrected chi connectivity index (χ2v) is 5.30. The van der Waals surface area contributed by atoms with Gasteiger partial charge in [0.1, 0.15) is 0 Å². The van der Waals surface area contributed by atoms with E-state index in [4.69, 9.17) is 0 Å². The first-order valence-electron chi connectivity index (χ1n) is 6.04. The molecule has 1 aliphatic carbocycles. The molecule has 0 aromatic carbocycles. The number of rotatable bonds is 3. The second-order valence-electron chi connectivity index (χ2n) is 5.30. The molecule has 0 bridgehead atoms. The Morgan fingerprint density at radius 3 is 2.38 bits per heavy atom. The minimum atomic E-state index is -4.09. The highest BCUT2D eigenvalue weighted by atomic mass is 19.4. The van der Waals surface area contributed by atoms with Gasteiger partial charge in [-0.3, -0.25) is 0 Å². The van der Waals surface area contributed by atoms with Gasteiger partial charge in [0.05, 0.1) is 6.10 Å². The molecule has 1 fully saturated rings. The standard InChI is InChI=1S/C12H21F3O/c1-8(2)9-3-4-11(16)10(7-9)5-6-12(13,14)15/h8-11,16H,3-7H2,1-2H3. The molecule has 96 valence electrons. The van der Waals surface area contributed by atoms with Crippen molar-refractivity contribution in [2.45, 2.75) is 58.2 Å². The highest BCUT2D eigenvalue weighted by Gasteiger charge is 2.34. The first-order valence-corrected chi connectivity index (χ1v) is 6.04. The number of hydrogen-bond donors (Lipinski definition) is 1. The fraction of sp³-hybridized carbons (Fsp3) is 1.00. The average Bonchev–Trinajstić information content (AvgIpc) is 2.14. The number of alkyl halides is 3. The summed E-state index contributed by atoms with van der Waals surface area (Å²) in [6.07, 6.45) is -2.96. The normalized spacial score (nSPS) is 32.1. The van der Waals surface area contributed by atoms with Gasteiger partial charge in [0.2, 0.25) is 0 Å². The maximum atomic E-state index is 12.1. The molecule has 1 rings (SSSR count). The van der Waals surface area contributed by atoms with Gasteiger partial charge in [0.15, 0.2) is 0 Å². The van der Waals surface area contributed by atoms with Gasteiger partial charge >= 0.3 is 6.18 Å². The number of aliphatic hydroxyl groups excluding tert-OH is 1. The Hall–Kier alpha value is -0.250. The van der Waals surface area contributed by atoms with Crippen LogP contribution >= 0.6 is 0 Å². The van der Waals surface area contributed by atoms with E-state index in [1.807, 2.05) is 0 Å². The summed E-state index contributed by atoms with van der Waals surface area (Å²) in [5.74, 6) is 0.810. The Bertz CT molecular complexity index is 213. The van der Waals surface area contributed by atoms with Crippen LogP contribution in [-0.4, -0.2) is 17.4 Å². The van der Waals surface area contributed by atoms with E-state index in [-0.39, 0.29) is 12.3 Å². The molecular formula is C12H21F3O. The molecule has 0 heterocycles. The van der Waals surface area contributed by atoms with E-state index in [1.165, 1.54) is 0 Å². The van der Waals surface area contributed by atoms with E-state index in [2.05, 4.69) is 13.8 Å². The summed E-state index contributed by atoms with van der Waals surface area (Å²) < 4.78 is 36.3. The smallest absolute Gasteiger partial charge is 0.389 e. The SMILES string of the molecule is CC(C)C1CCC(O)C(CCC(F)(F)F)C1. The van der Waals surface area contributed by atoms with Crippen LogP contribution in [0.5, 0.6) is 0 Å². The van der Waals surface area contributed by atoms with Crippen LogP contribution in [0.1, 0.15) is 46.0 Å². The molecule has 0 aromatic rings. The van der Waals surface area contributed by atoms with Gasteiger partial charge in [0.25, 0.3) is 0 Å². The fourth-order valence-corrected chi connectivity index (χ4v) is 2.55. The van der Waals surface area contributed by atoms with Crippen LogP contribution in [0.15, 0.2) is 0 Å². The van der Waals surface area contributed by atoms with E-state index < -0.39 is 18.7 Å². The van der Waals surface area contributed by atoms with E-state index in [0.29, 0.717) is 18.3 Å². The van der Waals surface area contributed by atoms with Crippen molar-refractivity contribution in [2.24, 2.45) is 17.8 Å². The molecule has 0 aromatic heterocycles. The van der Waals surface area contributed by atoms with E-state index >= 15 is 0 Å². The van der Waals surface area contributed by atoms with Crippen LogP contribution in [0.25, 0.3) is 0 Å². The van der Waals surface area contributed by atoms with Crippen molar-refractivity contribution in [2.75, 3.05) is 0 Å². The molecule has 0 saturated heterocycles. The molecule has 0 amide bonds. The highest BCUT2D eigenvalue weighted by Crippen LogP contribution is 2.37. The minimum Gasteiger partial charge on any atom is -0.393 e. The highest BCUT2D eigenvalue weighted by molar-refractivity contribution is 4.81. The maximum Gasteiger partial charge on any atom is 0.389 e. The van der Waals surface area contributed by atoms with Crippen molar-refractivity contribution in [1.29, 1.82) is 0 Å². The quantitative estimate of drug-likeness (QED) is 0.793. The number of hydrogen-bond acceptors (Lipinski definition) is 1. The van der Waals surface area contributed by atoms with Crippen LogP contribution in [0, 0.1) is 17.8 Å². The minimum absolute atomic E-state index is 0.0773. The topological polar surface area (TPSA) is 20.2 Å². The van der Waals surface area contributed by atoms with E-state index in [9.17, 15) is 18.3 Å². The van der Waals surface area contributed by atoms with Crippen molar-refractivity contribution in [3.63, 3.8) is 0 Å². The number of aliphatic hydroxyl groups is 1. The molecule has 1 aliphatic rings. The van der Waals surface area contributed by atoms with Gasteiger partial charge in [-0.2, -0.15) is 13.2 Å². The van der Waals surface area contributed by atoms with Gasteiger partial charge in [-0.15, -0.1) is 0 Å². The monoisotopic (exact) mass is 238 g/mol. The first-order chi connectivity index (χ1) is 7.29. The summed E-state index contributed by atoms with van der Waals surface area (Å²) in [4.78, 5) is 0. The average molecular weight is 238 g/mol. The molecule has 1 nitrogen and oxygen atoms in total. The lowest BCUT2D eigenvalue weighted by atomic mass is 9.73. The van der Waals surface area contributed by atoms with Gasteiger partial charge in [-0.05, 0) is 43.4 Å². The van der Waals surface area contributed by atoms with Crippen molar-refractivity contribution >= 4 is 0 Å². The van der Waals surface area contributed by atoms with Crippen LogP contribution in [0.3, 0.4) is 0 Å². The van der Waals surface area contributed by atoms with Crippen LogP contribution in [-0.2, 0) is 0 Å². The van der Waals surface area contributed by atoms with Gasteiger partial charge < -0.3 is 5.11 Å². The van der Waals surface area contributed by atoms with Crippen molar-refractivity contribution in [1.82, 2.24) is 0 Å². The third-order valence-corrected chi connectivity index (χ3v) is 3.72. The molecule has 3 unspecified atom stereocenters. The van der Waals surface area contributed by atoms with Gasteiger partial charge in [-0.25, -0.2) is 0 Å². The van der Waals surface area contributed by atoms with Gasteiger partial charge in [0, 0.05) is 6.42 Å². The Kier molecular flexibility index (Phi) is 4.65. The molecule has 1 saturated carbocycles. The summed E-state index contributed by atoms with van der Waals surface area (Å²) in [7, 11) is 0. The lowest BCUT2D eigenvalue weighted by Gasteiger charge is -2.35. The zero-order valence-electron chi connectivity index (χ0n) is 9.93. The fourth-order valence-electron chi connectivity index (χ4n) is 2.55. The second kappa shape index (κ2) is 5.39. The summed E-state index contributed by atoms with van der Waals surface area (Å²) in [5.41, 5.74) is 0.